The molecule has 0 aliphatic heterocycles. The van der Waals surface area contributed by atoms with Crippen LogP contribution in [-0.4, -0.2) is 20.9 Å². The first-order valence-corrected chi connectivity index (χ1v) is 6.78. The van der Waals surface area contributed by atoms with Crippen molar-refractivity contribution in [2.45, 2.75) is 18.3 Å². The van der Waals surface area contributed by atoms with Gasteiger partial charge in [0.25, 0.3) is 0 Å². The molecule has 0 saturated heterocycles. The van der Waals surface area contributed by atoms with Crippen molar-refractivity contribution >= 4 is 24.5 Å². The van der Waals surface area contributed by atoms with E-state index < -0.39 is 0 Å². The molecule has 0 aromatic heterocycles. The predicted molar refractivity (Wildman–Crippen MR) is 51.5 cm³/mol. The third-order valence-electron chi connectivity index (χ3n) is 1.33. The summed E-state index contributed by atoms with van der Waals surface area (Å²) < 4.78 is 3.02. The van der Waals surface area contributed by atoms with E-state index in [4.69, 9.17) is 0 Å². The molecule has 0 unspecified atom stereocenters. The first-order chi connectivity index (χ1) is 5.29. The van der Waals surface area contributed by atoms with Crippen molar-refractivity contribution in [2.75, 3.05) is 0 Å². The van der Waals surface area contributed by atoms with E-state index in [0.29, 0.717) is 0 Å². The van der Waals surface area contributed by atoms with E-state index in [1.807, 2.05) is 0 Å². The molecule has 1 rings (SSSR count). The molecule has 0 spiro atoms. The van der Waals surface area contributed by atoms with Crippen LogP contribution in [0.5, 0.6) is 0 Å². The van der Waals surface area contributed by atoms with E-state index in [-0.39, 0.29) is 20.9 Å². The van der Waals surface area contributed by atoms with Crippen LogP contribution >= 0.6 is 0 Å². The van der Waals surface area contributed by atoms with Crippen LogP contribution in [-0.2, 0) is 0 Å². The normalized spacial score (nSPS) is 10.5. The van der Waals surface area contributed by atoms with Gasteiger partial charge in [0.1, 0.15) is 0 Å². The summed E-state index contributed by atoms with van der Waals surface area (Å²) in [4.78, 5) is 0. The molecule has 0 radical (unpaired) electrons. The summed E-state index contributed by atoms with van der Waals surface area (Å²) in [5, 5.41) is 0. The van der Waals surface area contributed by atoms with Crippen molar-refractivity contribution in [3.8, 4) is 0 Å². The third-order valence-corrected chi connectivity index (χ3v) is 5.43. The zero-order valence-corrected chi connectivity index (χ0v) is 9.41. The Balaban J connectivity index is 2.39. The van der Waals surface area contributed by atoms with Crippen LogP contribution in [0, 0.1) is 5.92 Å². The molecule has 0 fully saturated rings. The Morgan fingerprint density at radius 2 is 1.82 bits per heavy atom. The summed E-state index contributed by atoms with van der Waals surface area (Å²) in [5.41, 5.74) is 0. The predicted octanol–water partition coefficient (Wildman–Crippen LogP) is 2.09. The molecule has 60 valence electrons. The molecule has 0 aliphatic rings. The van der Waals surface area contributed by atoms with Crippen molar-refractivity contribution in [3.05, 3.63) is 30.3 Å². The number of benzene rings is 1. The molecule has 1 heteroatoms. The zero-order valence-electron chi connectivity index (χ0n) is 7.08. The second-order valence-electron chi connectivity index (χ2n) is 3.02. The Labute approximate surface area is 79.1 Å². The Kier molecular flexibility index (Phi) is 3.97. The summed E-state index contributed by atoms with van der Waals surface area (Å²) >= 11 is 0.117. The van der Waals surface area contributed by atoms with Crippen LogP contribution in [0.4, 0.5) is 0 Å². The molecule has 0 nitrogen and oxygen atoms in total. The van der Waals surface area contributed by atoms with Gasteiger partial charge in [-0.05, 0) is 0 Å². The topological polar surface area (TPSA) is 0 Å². The second kappa shape index (κ2) is 4.80. The summed E-state index contributed by atoms with van der Waals surface area (Å²) in [6.45, 7) is 4.60. The molecule has 0 saturated carbocycles. The summed E-state index contributed by atoms with van der Waals surface area (Å²) in [7, 11) is 0. The number of hydrogen-bond donors (Lipinski definition) is 0. The second-order valence-corrected chi connectivity index (χ2v) is 6.14. The van der Waals surface area contributed by atoms with Crippen molar-refractivity contribution in [3.63, 3.8) is 0 Å². The van der Waals surface area contributed by atoms with Crippen molar-refractivity contribution in [2.24, 2.45) is 5.92 Å². The van der Waals surface area contributed by atoms with Gasteiger partial charge in [0.2, 0.25) is 0 Å². The minimum atomic E-state index is 0.117. The quantitative estimate of drug-likeness (QED) is 0.731. The van der Waals surface area contributed by atoms with Crippen molar-refractivity contribution in [1.82, 2.24) is 0 Å². The third kappa shape index (κ3) is 3.79. The van der Waals surface area contributed by atoms with Crippen LogP contribution in [0.2, 0.25) is 4.47 Å². The van der Waals surface area contributed by atoms with Crippen molar-refractivity contribution in [1.29, 1.82) is 0 Å². The summed E-state index contributed by atoms with van der Waals surface area (Å²) in [6.07, 6.45) is 0. The monoisotopic (exact) mass is 264 g/mol. The van der Waals surface area contributed by atoms with Gasteiger partial charge < -0.3 is 0 Å². The number of hydrogen-bond acceptors (Lipinski definition) is 0. The zero-order chi connectivity index (χ0) is 8.10. The molecule has 1 aromatic rings. The van der Waals surface area contributed by atoms with Gasteiger partial charge in [0.05, 0.1) is 0 Å². The fourth-order valence-corrected chi connectivity index (χ4v) is 3.28. The Hall–Kier alpha value is 0.00961. The molecule has 0 heterocycles. The fourth-order valence-electron chi connectivity index (χ4n) is 0.780. The van der Waals surface area contributed by atoms with Gasteiger partial charge in [-0.25, -0.2) is 0 Å². The van der Waals surface area contributed by atoms with E-state index in [0.717, 1.165) is 5.92 Å². The fraction of sp³-hybridized carbons (Fsp3) is 0.400. The van der Waals surface area contributed by atoms with Gasteiger partial charge in [0.15, 0.2) is 0 Å². The molecule has 1 aromatic carbocycles. The summed E-state index contributed by atoms with van der Waals surface area (Å²) in [5.74, 6) is 0.873. The SMILES string of the molecule is CC(C)C[Te]c1ccccc1. The maximum atomic E-state index is 2.30. The van der Waals surface area contributed by atoms with Gasteiger partial charge >= 0.3 is 79.1 Å². The van der Waals surface area contributed by atoms with E-state index in [1.54, 1.807) is 3.61 Å². The average molecular weight is 262 g/mol. The molecule has 11 heavy (non-hydrogen) atoms. The van der Waals surface area contributed by atoms with E-state index in [1.165, 1.54) is 4.47 Å². The van der Waals surface area contributed by atoms with Crippen LogP contribution in [0.15, 0.2) is 30.3 Å². The summed E-state index contributed by atoms with van der Waals surface area (Å²) in [6, 6.07) is 10.9. The minimum absolute atomic E-state index is 0.117. The molecule has 0 amide bonds. The maximum absolute atomic E-state index is 2.30. The van der Waals surface area contributed by atoms with Crippen LogP contribution in [0.3, 0.4) is 0 Å². The molecular formula is C10H14Te. The van der Waals surface area contributed by atoms with E-state index >= 15 is 0 Å². The van der Waals surface area contributed by atoms with Gasteiger partial charge in [-0.15, -0.1) is 0 Å². The Bertz CT molecular complexity index is 191. The molecular weight excluding hydrogens is 248 g/mol. The molecule has 0 aliphatic carbocycles. The van der Waals surface area contributed by atoms with E-state index in [9.17, 15) is 0 Å². The van der Waals surface area contributed by atoms with Gasteiger partial charge in [-0.3, -0.25) is 0 Å². The van der Waals surface area contributed by atoms with Gasteiger partial charge in [-0.2, -0.15) is 0 Å². The molecule has 0 N–H and O–H groups in total. The molecule has 0 bridgehead atoms. The Morgan fingerprint density at radius 3 is 2.36 bits per heavy atom. The van der Waals surface area contributed by atoms with Crippen LogP contribution in [0.1, 0.15) is 13.8 Å². The van der Waals surface area contributed by atoms with Gasteiger partial charge in [-0.1, -0.05) is 0 Å². The van der Waals surface area contributed by atoms with Crippen molar-refractivity contribution < 1.29 is 0 Å². The van der Waals surface area contributed by atoms with E-state index in [2.05, 4.69) is 44.2 Å². The van der Waals surface area contributed by atoms with Crippen LogP contribution in [0.25, 0.3) is 0 Å². The Morgan fingerprint density at radius 1 is 1.18 bits per heavy atom. The van der Waals surface area contributed by atoms with Crippen LogP contribution < -0.4 is 3.61 Å². The van der Waals surface area contributed by atoms with Gasteiger partial charge in [0, 0.05) is 0 Å². The average Bonchev–Trinajstić information content (AvgIpc) is 2.03. The standard InChI is InChI=1S/C10H14Te/c1-9(2)8-11-10-6-4-3-5-7-10/h3-7,9H,8H2,1-2H3. The first kappa shape index (κ1) is 9.10. The first-order valence-electron chi connectivity index (χ1n) is 3.97. The number of rotatable bonds is 3. The molecule has 0 atom stereocenters.